The molecule has 0 atom stereocenters. The van der Waals surface area contributed by atoms with E-state index in [0.717, 1.165) is 22.8 Å². The Morgan fingerprint density at radius 2 is 2.06 bits per heavy atom. The van der Waals surface area contributed by atoms with Crippen molar-refractivity contribution in [1.29, 1.82) is 0 Å². The predicted octanol–water partition coefficient (Wildman–Crippen LogP) is 3.82. The lowest BCUT2D eigenvalue weighted by atomic mass is 9.99. The van der Waals surface area contributed by atoms with Crippen LogP contribution >= 0.6 is 11.6 Å². The van der Waals surface area contributed by atoms with E-state index in [-0.39, 0.29) is 11.7 Å². The second-order valence-corrected chi connectivity index (χ2v) is 4.04. The minimum atomic E-state index is -0.0171. The molecule has 0 unspecified atom stereocenters. The number of carbonyl (C=O) groups excluding carboxylic acids is 1. The molecule has 0 fully saturated rings. The molecular formula is C14H13ClO. The molecule has 1 nitrogen and oxygen atoms in total. The molecule has 0 bridgehead atoms. The van der Waals surface area contributed by atoms with Crippen molar-refractivity contribution < 1.29 is 4.79 Å². The van der Waals surface area contributed by atoms with Crippen molar-refractivity contribution in [2.45, 2.75) is 13.3 Å². The molecule has 82 valence electrons. The van der Waals surface area contributed by atoms with Crippen molar-refractivity contribution in [2.75, 3.05) is 5.88 Å². The van der Waals surface area contributed by atoms with Crippen LogP contribution in [0.2, 0.25) is 0 Å². The van der Waals surface area contributed by atoms with Gasteiger partial charge in [-0.25, -0.2) is 0 Å². The number of hydrogen-bond acceptors (Lipinski definition) is 1. The maximum atomic E-state index is 11.6. The van der Waals surface area contributed by atoms with E-state index in [9.17, 15) is 4.79 Å². The molecular weight excluding hydrogens is 220 g/mol. The van der Waals surface area contributed by atoms with Crippen LogP contribution in [0.25, 0.3) is 10.8 Å². The molecule has 0 aliphatic heterocycles. The predicted molar refractivity (Wildman–Crippen MR) is 68.4 cm³/mol. The summed E-state index contributed by atoms with van der Waals surface area (Å²) < 4.78 is 0. The number of alkyl halides is 1. The summed E-state index contributed by atoms with van der Waals surface area (Å²) in [7, 11) is 0. The van der Waals surface area contributed by atoms with Gasteiger partial charge < -0.3 is 0 Å². The summed E-state index contributed by atoms with van der Waals surface area (Å²) in [6.07, 6.45) is 1.00. The summed E-state index contributed by atoms with van der Waals surface area (Å²) >= 11 is 5.60. The summed E-state index contributed by atoms with van der Waals surface area (Å²) in [6.45, 7) is 2.12. The Bertz CT molecular complexity index is 531. The molecule has 0 N–H and O–H groups in total. The maximum Gasteiger partial charge on any atom is 0.178 e. The first-order valence-corrected chi connectivity index (χ1v) is 5.90. The highest BCUT2D eigenvalue weighted by atomic mass is 35.5. The number of hydrogen-bond donors (Lipinski definition) is 0. The molecule has 2 rings (SSSR count). The van der Waals surface area contributed by atoms with Crippen LogP contribution in [0.15, 0.2) is 36.4 Å². The van der Waals surface area contributed by atoms with Gasteiger partial charge in [0, 0.05) is 5.56 Å². The molecule has 0 saturated carbocycles. The second kappa shape index (κ2) is 4.67. The van der Waals surface area contributed by atoms with Crippen LogP contribution in [0, 0.1) is 0 Å². The van der Waals surface area contributed by atoms with Gasteiger partial charge in [0.1, 0.15) is 0 Å². The Hall–Kier alpha value is -1.34. The molecule has 0 aliphatic rings. The fourth-order valence-electron chi connectivity index (χ4n) is 1.87. The zero-order chi connectivity index (χ0) is 11.5. The van der Waals surface area contributed by atoms with E-state index in [1.54, 1.807) is 0 Å². The van der Waals surface area contributed by atoms with Gasteiger partial charge in [0.05, 0.1) is 5.88 Å². The summed E-state index contributed by atoms with van der Waals surface area (Å²) in [6, 6.07) is 12.0. The van der Waals surface area contributed by atoms with Crippen molar-refractivity contribution in [1.82, 2.24) is 0 Å². The fraction of sp³-hybridized carbons (Fsp3) is 0.214. The standard InChI is InChI=1S/C14H13ClO/c1-2-10-6-7-12-11(8-10)4-3-5-13(12)14(16)9-15/h3-8H,2,9H2,1H3. The SMILES string of the molecule is CCc1ccc2c(C(=O)CCl)cccc2c1. The molecule has 16 heavy (non-hydrogen) atoms. The summed E-state index contributed by atoms with van der Waals surface area (Å²) in [5.74, 6) is 0.0192. The van der Waals surface area contributed by atoms with Crippen molar-refractivity contribution in [3.8, 4) is 0 Å². The van der Waals surface area contributed by atoms with E-state index in [1.165, 1.54) is 5.56 Å². The zero-order valence-corrected chi connectivity index (χ0v) is 9.92. The number of benzene rings is 2. The number of ketones is 1. The van der Waals surface area contributed by atoms with Gasteiger partial charge in [-0.15, -0.1) is 11.6 Å². The average molecular weight is 233 g/mol. The lowest BCUT2D eigenvalue weighted by Crippen LogP contribution is -2.01. The smallest absolute Gasteiger partial charge is 0.178 e. The van der Waals surface area contributed by atoms with E-state index in [0.29, 0.717) is 0 Å². The van der Waals surface area contributed by atoms with Crippen molar-refractivity contribution in [2.24, 2.45) is 0 Å². The first kappa shape index (κ1) is 11.2. The molecule has 0 saturated heterocycles. The van der Waals surface area contributed by atoms with Crippen LogP contribution in [-0.4, -0.2) is 11.7 Å². The number of halogens is 1. The number of carbonyl (C=O) groups is 1. The van der Waals surface area contributed by atoms with Gasteiger partial charge in [-0.05, 0) is 22.8 Å². The van der Waals surface area contributed by atoms with Crippen LogP contribution in [0.4, 0.5) is 0 Å². The fourth-order valence-corrected chi connectivity index (χ4v) is 2.01. The first-order chi connectivity index (χ1) is 7.76. The van der Waals surface area contributed by atoms with Gasteiger partial charge in [-0.2, -0.15) is 0 Å². The monoisotopic (exact) mass is 232 g/mol. The lowest BCUT2D eigenvalue weighted by molar-refractivity contribution is 0.102. The van der Waals surface area contributed by atoms with Crippen LogP contribution in [0.3, 0.4) is 0 Å². The van der Waals surface area contributed by atoms with Crippen molar-refractivity contribution in [3.63, 3.8) is 0 Å². The largest absolute Gasteiger partial charge is 0.293 e. The van der Waals surface area contributed by atoms with Crippen molar-refractivity contribution >= 4 is 28.2 Å². The highest BCUT2D eigenvalue weighted by Gasteiger charge is 2.08. The number of rotatable bonds is 3. The zero-order valence-electron chi connectivity index (χ0n) is 9.16. The Kier molecular flexibility index (Phi) is 3.25. The minimum Gasteiger partial charge on any atom is -0.293 e. The molecule has 2 heteroatoms. The Balaban J connectivity index is 2.65. The molecule has 0 radical (unpaired) electrons. The first-order valence-electron chi connectivity index (χ1n) is 5.37. The van der Waals surface area contributed by atoms with Crippen LogP contribution < -0.4 is 0 Å². The van der Waals surface area contributed by atoms with E-state index in [1.807, 2.05) is 24.3 Å². The van der Waals surface area contributed by atoms with Gasteiger partial charge in [-0.1, -0.05) is 43.3 Å². The normalized spacial score (nSPS) is 10.6. The highest BCUT2D eigenvalue weighted by Crippen LogP contribution is 2.21. The molecule has 0 heterocycles. The molecule has 0 aliphatic carbocycles. The van der Waals surface area contributed by atoms with E-state index in [4.69, 9.17) is 11.6 Å². The Morgan fingerprint density at radius 3 is 2.75 bits per heavy atom. The Labute approximate surface area is 100 Å². The third-order valence-electron chi connectivity index (χ3n) is 2.77. The third kappa shape index (κ3) is 1.96. The number of aryl methyl sites for hydroxylation is 1. The summed E-state index contributed by atoms with van der Waals surface area (Å²) in [5, 5.41) is 2.10. The van der Waals surface area contributed by atoms with E-state index >= 15 is 0 Å². The summed E-state index contributed by atoms with van der Waals surface area (Å²) in [5.41, 5.74) is 2.00. The summed E-state index contributed by atoms with van der Waals surface area (Å²) in [4.78, 5) is 11.6. The van der Waals surface area contributed by atoms with Gasteiger partial charge in [0.15, 0.2) is 5.78 Å². The maximum absolute atomic E-state index is 11.6. The van der Waals surface area contributed by atoms with Gasteiger partial charge in [0.2, 0.25) is 0 Å². The molecule has 0 spiro atoms. The molecule has 2 aromatic carbocycles. The quantitative estimate of drug-likeness (QED) is 0.581. The second-order valence-electron chi connectivity index (χ2n) is 3.77. The van der Waals surface area contributed by atoms with Gasteiger partial charge >= 0.3 is 0 Å². The van der Waals surface area contributed by atoms with Gasteiger partial charge in [0.25, 0.3) is 0 Å². The number of Topliss-reactive ketones (excluding diaryl/α,β-unsaturated/α-hetero) is 1. The topological polar surface area (TPSA) is 17.1 Å². The van der Waals surface area contributed by atoms with E-state index < -0.39 is 0 Å². The third-order valence-corrected chi connectivity index (χ3v) is 3.02. The highest BCUT2D eigenvalue weighted by molar-refractivity contribution is 6.31. The van der Waals surface area contributed by atoms with Crippen LogP contribution in [-0.2, 0) is 6.42 Å². The Morgan fingerprint density at radius 1 is 1.25 bits per heavy atom. The van der Waals surface area contributed by atoms with Gasteiger partial charge in [-0.3, -0.25) is 4.79 Å². The molecule has 2 aromatic rings. The molecule has 0 aromatic heterocycles. The minimum absolute atomic E-state index is 0.0171. The lowest BCUT2D eigenvalue weighted by Gasteiger charge is -2.05. The average Bonchev–Trinajstić information content (AvgIpc) is 2.36. The van der Waals surface area contributed by atoms with Crippen LogP contribution in [0.5, 0.6) is 0 Å². The van der Waals surface area contributed by atoms with Crippen LogP contribution in [0.1, 0.15) is 22.8 Å². The molecule has 0 amide bonds. The van der Waals surface area contributed by atoms with Crippen molar-refractivity contribution in [3.05, 3.63) is 47.5 Å². The van der Waals surface area contributed by atoms with E-state index in [2.05, 4.69) is 19.1 Å². The number of fused-ring (bicyclic) bond motifs is 1.